The molecule has 1 fully saturated rings. The van der Waals surface area contributed by atoms with Gasteiger partial charge in [0.25, 0.3) is 5.91 Å². The maximum Gasteiger partial charge on any atom is 0.337 e. The Morgan fingerprint density at radius 2 is 1.51 bits per heavy atom. The molecule has 2 bridgehead atoms. The van der Waals surface area contributed by atoms with E-state index >= 15 is 0 Å². The van der Waals surface area contributed by atoms with E-state index in [1.54, 1.807) is 37.3 Å². The predicted molar refractivity (Wildman–Crippen MR) is 156 cm³/mol. The molecule has 8 heteroatoms. The number of amides is 3. The van der Waals surface area contributed by atoms with E-state index in [9.17, 15) is 24.3 Å². The van der Waals surface area contributed by atoms with E-state index in [-0.39, 0.29) is 34.5 Å². The van der Waals surface area contributed by atoms with Crippen molar-refractivity contribution in [1.82, 2.24) is 0 Å². The van der Waals surface area contributed by atoms with E-state index in [1.165, 1.54) is 17.0 Å². The number of hydrogen-bond donors (Lipinski definition) is 2. The van der Waals surface area contributed by atoms with Gasteiger partial charge in [0.1, 0.15) is 0 Å². The summed E-state index contributed by atoms with van der Waals surface area (Å²) < 4.78 is -0.867. The molecule has 0 unspecified atom stereocenters. The van der Waals surface area contributed by atoms with Crippen molar-refractivity contribution < 1.29 is 24.3 Å². The third-order valence-electron chi connectivity index (χ3n) is 8.53. The summed E-state index contributed by atoms with van der Waals surface area (Å²) in [5, 5.41) is 12.2. The van der Waals surface area contributed by atoms with Crippen LogP contribution in [0, 0.1) is 18.8 Å². The van der Waals surface area contributed by atoms with Crippen LogP contribution in [-0.4, -0.2) is 28.8 Å². The van der Waals surface area contributed by atoms with Gasteiger partial charge in [-0.25, -0.2) is 9.69 Å². The predicted octanol–water partition coefficient (Wildman–Crippen LogP) is 5.85. The smallest absolute Gasteiger partial charge is 0.337 e. The first-order chi connectivity index (χ1) is 19.7. The van der Waals surface area contributed by atoms with Crippen molar-refractivity contribution in [3.8, 4) is 0 Å². The lowest BCUT2D eigenvalue weighted by Crippen LogP contribution is -2.50. The van der Waals surface area contributed by atoms with Crippen molar-refractivity contribution in [3.05, 3.63) is 130 Å². The fourth-order valence-corrected chi connectivity index (χ4v) is 8.07. The van der Waals surface area contributed by atoms with E-state index in [0.717, 1.165) is 27.8 Å². The highest BCUT2D eigenvalue weighted by atomic mass is 79.9. The second kappa shape index (κ2) is 8.97. The quantitative estimate of drug-likeness (QED) is 0.224. The fourth-order valence-electron chi connectivity index (χ4n) is 6.86. The summed E-state index contributed by atoms with van der Waals surface area (Å²) in [6.07, 6.45) is 0. The Bertz CT molecular complexity index is 1780. The topological polar surface area (TPSA) is 104 Å². The number of carbonyl (C=O) groups excluding carboxylic acids is 3. The van der Waals surface area contributed by atoms with Crippen molar-refractivity contribution in [3.63, 3.8) is 0 Å². The average molecular weight is 607 g/mol. The van der Waals surface area contributed by atoms with Crippen LogP contribution in [0.25, 0.3) is 0 Å². The van der Waals surface area contributed by atoms with E-state index in [1.807, 2.05) is 48.5 Å². The van der Waals surface area contributed by atoms with Crippen LogP contribution in [0.2, 0.25) is 0 Å². The van der Waals surface area contributed by atoms with Crippen LogP contribution >= 0.6 is 15.9 Å². The number of hydrogen-bond acceptors (Lipinski definition) is 4. The maximum atomic E-state index is 14.2. The van der Waals surface area contributed by atoms with Gasteiger partial charge in [0.05, 0.1) is 33.1 Å². The fraction of sp³-hybridized carbons (Fsp3) is 0.152. The molecular weight excluding hydrogens is 584 g/mol. The molecule has 1 saturated heterocycles. The Kier molecular flexibility index (Phi) is 5.56. The zero-order valence-electron chi connectivity index (χ0n) is 21.8. The van der Waals surface area contributed by atoms with Crippen molar-refractivity contribution in [2.45, 2.75) is 17.2 Å². The summed E-state index contributed by atoms with van der Waals surface area (Å²) in [4.78, 5) is 54.5. The molecule has 1 aliphatic heterocycles. The minimum Gasteiger partial charge on any atom is -0.478 e. The Morgan fingerprint density at radius 3 is 2.17 bits per heavy atom. The lowest BCUT2D eigenvalue weighted by atomic mass is 9.55. The van der Waals surface area contributed by atoms with Gasteiger partial charge in [-0.2, -0.15) is 0 Å². The van der Waals surface area contributed by atoms with Gasteiger partial charge in [0.15, 0.2) is 0 Å². The largest absolute Gasteiger partial charge is 0.478 e. The zero-order chi connectivity index (χ0) is 28.6. The summed E-state index contributed by atoms with van der Waals surface area (Å²) in [5.74, 6) is -3.87. The van der Waals surface area contributed by atoms with Gasteiger partial charge in [-0.15, -0.1) is 0 Å². The third-order valence-corrected chi connectivity index (χ3v) is 9.88. The Labute approximate surface area is 243 Å². The first kappa shape index (κ1) is 25.4. The molecule has 1 heterocycles. The van der Waals surface area contributed by atoms with Crippen LogP contribution in [0.1, 0.15) is 54.5 Å². The Balaban J connectivity index is 1.28. The third kappa shape index (κ3) is 3.50. The second-order valence-electron chi connectivity index (χ2n) is 10.7. The number of aryl methyl sites for hydroxylation is 1. The van der Waals surface area contributed by atoms with Gasteiger partial charge >= 0.3 is 5.97 Å². The van der Waals surface area contributed by atoms with Crippen LogP contribution in [0.3, 0.4) is 0 Å². The first-order valence-electron chi connectivity index (χ1n) is 13.2. The molecule has 0 aromatic heterocycles. The van der Waals surface area contributed by atoms with Gasteiger partial charge in [-0.3, -0.25) is 14.4 Å². The minimum atomic E-state index is -1.16. The summed E-state index contributed by atoms with van der Waals surface area (Å²) in [6.45, 7) is 1.80. The zero-order valence-corrected chi connectivity index (χ0v) is 23.4. The molecule has 4 aromatic rings. The number of aromatic carboxylic acids is 1. The van der Waals surface area contributed by atoms with Gasteiger partial charge in [0, 0.05) is 11.5 Å². The second-order valence-corrected chi connectivity index (χ2v) is 12.0. The Hall–Kier alpha value is -4.56. The van der Waals surface area contributed by atoms with Crippen molar-refractivity contribution in [1.29, 1.82) is 0 Å². The first-order valence-corrected chi connectivity index (χ1v) is 14.0. The standard InChI is InChI=1S/C33H23BrN2O5/c1-17-13-14-22(32(40)41)25(15-17)35-29(37)18-7-6-8-19(16-18)36-30(38)27-26-20-9-2-4-11-23(20)33(34,28(27)31(36)39)24-12-5-3-10-21(24)26/h2-16,26-28H,1H3,(H,35,37)(H,40,41)/t26?,27-,28-,33?/m0/s1. The number of anilines is 2. The van der Waals surface area contributed by atoms with Crippen molar-refractivity contribution in [2.24, 2.45) is 11.8 Å². The molecule has 0 spiro atoms. The van der Waals surface area contributed by atoms with Crippen LogP contribution in [0.4, 0.5) is 11.4 Å². The number of nitrogens with one attached hydrogen (secondary N) is 1. The number of benzene rings is 4. The highest BCUT2D eigenvalue weighted by Crippen LogP contribution is 2.66. The Morgan fingerprint density at radius 1 is 0.854 bits per heavy atom. The number of halogens is 1. The van der Waals surface area contributed by atoms with Crippen molar-refractivity contribution >= 4 is 51.0 Å². The highest BCUT2D eigenvalue weighted by molar-refractivity contribution is 9.09. The molecule has 0 saturated carbocycles. The molecule has 202 valence electrons. The van der Waals surface area contributed by atoms with E-state index < -0.39 is 28.0 Å². The molecule has 3 amide bonds. The average Bonchev–Trinajstić information content (AvgIpc) is 3.24. The molecule has 2 atom stereocenters. The monoisotopic (exact) mass is 606 g/mol. The summed E-state index contributed by atoms with van der Waals surface area (Å²) in [7, 11) is 0. The summed E-state index contributed by atoms with van der Waals surface area (Å²) in [6, 6.07) is 26.9. The maximum absolute atomic E-state index is 14.2. The van der Waals surface area contributed by atoms with Crippen LogP contribution in [-0.2, 0) is 13.9 Å². The van der Waals surface area contributed by atoms with E-state index in [4.69, 9.17) is 0 Å². The molecule has 4 aliphatic rings. The molecule has 2 N–H and O–H groups in total. The van der Waals surface area contributed by atoms with Crippen molar-refractivity contribution in [2.75, 3.05) is 10.2 Å². The van der Waals surface area contributed by atoms with Crippen LogP contribution in [0.5, 0.6) is 0 Å². The van der Waals surface area contributed by atoms with Gasteiger partial charge in [-0.05, 0) is 65.1 Å². The molecule has 3 aliphatic carbocycles. The molecule has 0 radical (unpaired) electrons. The number of carboxylic acid groups (broad SMARTS) is 1. The number of imide groups is 1. The lowest BCUT2D eigenvalue weighted by molar-refractivity contribution is -0.122. The SMILES string of the molecule is Cc1ccc(C(=O)O)c(NC(=O)c2cccc(N3C(=O)[C@@H]4[C@@H](C3=O)C3c5ccccc5C4(Br)c4ccccc43)c2)c1. The van der Waals surface area contributed by atoms with Gasteiger partial charge < -0.3 is 10.4 Å². The number of carboxylic acids is 1. The number of rotatable bonds is 4. The van der Waals surface area contributed by atoms with Crippen LogP contribution in [0.15, 0.2) is 91.0 Å². The number of nitrogens with zero attached hydrogens (tertiary/aromatic N) is 1. The minimum absolute atomic E-state index is 0.0358. The van der Waals surface area contributed by atoms with Gasteiger partial charge in [-0.1, -0.05) is 76.6 Å². The molecule has 41 heavy (non-hydrogen) atoms. The molecular formula is C33H23BrN2O5. The van der Waals surface area contributed by atoms with E-state index in [0.29, 0.717) is 5.69 Å². The summed E-state index contributed by atoms with van der Waals surface area (Å²) in [5.41, 5.74) is 5.47. The van der Waals surface area contributed by atoms with E-state index in [2.05, 4.69) is 21.2 Å². The molecule has 4 aromatic carbocycles. The molecule has 7 nitrogen and oxygen atoms in total. The normalized spacial score (nSPS) is 23.6. The number of carbonyl (C=O) groups is 4. The van der Waals surface area contributed by atoms with Crippen LogP contribution < -0.4 is 10.2 Å². The highest BCUT2D eigenvalue weighted by Gasteiger charge is 2.67. The molecule has 8 rings (SSSR count). The lowest BCUT2D eigenvalue weighted by Gasteiger charge is -2.51. The van der Waals surface area contributed by atoms with Gasteiger partial charge in [0.2, 0.25) is 11.8 Å². The summed E-state index contributed by atoms with van der Waals surface area (Å²) >= 11 is 3.99. The number of alkyl halides is 1.